The Morgan fingerprint density at radius 1 is 0.559 bits per heavy atom. The number of rotatable bonds is 12. The summed E-state index contributed by atoms with van der Waals surface area (Å²) in [4.78, 5) is 0. The first-order valence-corrected chi connectivity index (χ1v) is 11.5. The van der Waals surface area contributed by atoms with Gasteiger partial charge in [0.1, 0.15) is 6.10 Å². The minimum Gasteiger partial charge on any atom is -0.374 e. The van der Waals surface area contributed by atoms with Gasteiger partial charge in [-0.25, -0.2) is 0 Å². The van der Waals surface area contributed by atoms with Crippen LogP contribution in [0.2, 0.25) is 0 Å². The Morgan fingerprint density at radius 3 is 1.59 bits per heavy atom. The third-order valence-electron chi connectivity index (χ3n) is 5.60. The predicted molar refractivity (Wildman–Crippen MR) is 144 cm³/mol. The summed E-state index contributed by atoms with van der Waals surface area (Å²) >= 11 is 0. The molecule has 0 radical (unpaired) electrons. The molecular weight excluding hydrogens is 438 g/mol. The molecule has 1 N–H and O–H groups in total. The highest BCUT2D eigenvalue weighted by molar-refractivity contribution is 7.59. The van der Waals surface area contributed by atoms with Gasteiger partial charge in [0, 0.05) is 6.54 Å². The van der Waals surface area contributed by atoms with Gasteiger partial charge in [0.25, 0.3) is 0 Å². The summed E-state index contributed by atoms with van der Waals surface area (Å²) in [6.45, 7) is 2.34. The highest BCUT2D eigenvalue weighted by Crippen LogP contribution is 2.22. The molecule has 4 aromatic carbocycles. The first-order chi connectivity index (χ1) is 16.4. The first-order valence-electron chi connectivity index (χ1n) is 11.5. The molecule has 0 amide bonds. The molecule has 0 aliphatic heterocycles. The van der Waals surface area contributed by atoms with E-state index in [1.807, 2.05) is 48.5 Å². The molecule has 34 heavy (non-hydrogen) atoms. The van der Waals surface area contributed by atoms with Gasteiger partial charge in [-0.15, -0.1) is 0 Å². The van der Waals surface area contributed by atoms with Crippen LogP contribution in [-0.4, -0.2) is 12.7 Å². The fourth-order valence-electron chi connectivity index (χ4n) is 3.83. The van der Waals surface area contributed by atoms with Crippen LogP contribution in [0.1, 0.15) is 28.3 Å². The quantitative estimate of drug-likeness (QED) is 0.258. The van der Waals surface area contributed by atoms with E-state index >= 15 is 0 Å². The van der Waals surface area contributed by atoms with Crippen molar-refractivity contribution in [3.05, 3.63) is 144 Å². The van der Waals surface area contributed by atoms with Crippen LogP contribution < -0.4 is 5.32 Å². The van der Waals surface area contributed by atoms with Crippen molar-refractivity contribution in [1.82, 2.24) is 5.32 Å². The van der Waals surface area contributed by atoms with Crippen LogP contribution in [0.4, 0.5) is 0 Å². The third kappa shape index (κ3) is 8.15. The molecule has 0 fully saturated rings. The van der Waals surface area contributed by atoms with Crippen LogP contribution >= 0.6 is 13.5 Å². The molecule has 0 aliphatic rings. The molecule has 4 heteroatoms. The van der Waals surface area contributed by atoms with Crippen molar-refractivity contribution < 1.29 is 9.47 Å². The van der Waals surface area contributed by atoms with Crippen molar-refractivity contribution in [3.63, 3.8) is 0 Å². The van der Waals surface area contributed by atoms with Crippen LogP contribution in [0.3, 0.4) is 0 Å². The van der Waals surface area contributed by atoms with Gasteiger partial charge < -0.3 is 14.8 Å². The number of hydrogen-bond acceptors (Lipinski definition) is 3. The molecule has 2 atom stereocenters. The molecule has 4 rings (SSSR count). The number of nitrogens with one attached hydrogen (secondary N) is 1. The fourth-order valence-corrected chi connectivity index (χ4v) is 3.83. The number of hydrogen-bond donors (Lipinski definition) is 1. The van der Waals surface area contributed by atoms with Crippen molar-refractivity contribution in [3.8, 4) is 0 Å². The average Bonchev–Trinajstić information content (AvgIpc) is 2.89. The lowest BCUT2D eigenvalue weighted by atomic mass is 10.0. The Kier molecular flexibility index (Phi) is 10.9. The summed E-state index contributed by atoms with van der Waals surface area (Å²) in [5.74, 6) is 0. The van der Waals surface area contributed by atoms with E-state index in [1.54, 1.807) is 0 Å². The van der Waals surface area contributed by atoms with Crippen LogP contribution in [-0.2, 0) is 29.2 Å². The maximum Gasteiger partial charge on any atom is 0.101 e. The van der Waals surface area contributed by atoms with Crippen LogP contribution in [0, 0.1) is 0 Å². The minimum atomic E-state index is -0.153. The highest BCUT2D eigenvalue weighted by Gasteiger charge is 2.24. The second kappa shape index (κ2) is 14.4. The van der Waals surface area contributed by atoms with Crippen molar-refractivity contribution in [1.29, 1.82) is 0 Å². The van der Waals surface area contributed by atoms with Gasteiger partial charge in [-0.2, -0.15) is 13.5 Å². The van der Waals surface area contributed by atoms with Crippen LogP contribution in [0.15, 0.2) is 121 Å². The summed E-state index contributed by atoms with van der Waals surface area (Å²) in [5, 5.41) is 3.73. The maximum absolute atomic E-state index is 6.48. The maximum atomic E-state index is 6.48. The first kappa shape index (κ1) is 25.7. The van der Waals surface area contributed by atoms with Gasteiger partial charge in [-0.05, 0) is 22.3 Å². The van der Waals surface area contributed by atoms with Gasteiger partial charge in [-0.3, -0.25) is 0 Å². The summed E-state index contributed by atoms with van der Waals surface area (Å²) in [6, 6.07) is 41.5. The van der Waals surface area contributed by atoms with Gasteiger partial charge >= 0.3 is 0 Å². The Labute approximate surface area is 210 Å². The summed E-state index contributed by atoms with van der Waals surface area (Å²) < 4.78 is 12.6. The van der Waals surface area contributed by atoms with Crippen molar-refractivity contribution >= 4 is 13.5 Å². The lowest BCUT2D eigenvalue weighted by molar-refractivity contribution is -0.0486. The number of ether oxygens (including phenoxy) is 2. The van der Waals surface area contributed by atoms with Crippen molar-refractivity contribution in [2.24, 2.45) is 0 Å². The van der Waals surface area contributed by atoms with Crippen LogP contribution in [0.25, 0.3) is 0 Å². The molecular formula is C30H33NO2S. The van der Waals surface area contributed by atoms with E-state index in [1.165, 1.54) is 11.1 Å². The molecule has 3 nitrogen and oxygen atoms in total. The lowest BCUT2D eigenvalue weighted by Crippen LogP contribution is -2.37. The predicted octanol–water partition coefficient (Wildman–Crippen LogP) is 6.43. The second-order valence-corrected chi connectivity index (χ2v) is 8.09. The van der Waals surface area contributed by atoms with E-state index in [-0.39, 0.29) is 25.6 Å². The van der Waals surface area contributed by atoms with Gasteiger partial charge in [0.2, 0.25) is 0 Å². The summed E-state index contributed by atoms with van der Waals surface area (Å²) in [5.41, 5.74) is 4.74. The smallest absolute Gasteiger partial charge is 0.101 e. The molecule has 0 bridgehead atoms. The Hall–Kier alpha value is -2.89. The van der Waals surface area contributed by atoms with Crippen molar-refractivity contribution in [2.75, 3.05) is 6.61 Å². The zero-order valence-electron chi connectivity index (χ0n) is 19.3. The SMILES string of the molecule is S.c1ccc(CN[C@H](c2ccccc2)[C@@H](COCc2ccccc2)OCc2ccccc2)cc1. The van der Waals surface area contributed by atoms with Gasteiger partial charge in [0.15, 0.2) is 0 Å². The molecule has 0 saturated heterocycles. The van der Waals surface area contributed by atoms with Gasteiger partial charge in [-0.1, -0.05) is 121 Å². The van der Waals surface area contributed by atoms with E-state index in [0.29, 0.717) is 19.8 Å². The third-order valence-corrected chi connectivity index (χ3v) is 5.60. The second-order valence-electron chi connectivity index (χ2n) is 8.09. The average molecular weight is 472 g/mol. The van der Waals surface area contributed by atoms with E-state index in [2.05, 4.69) is 78.1 Å². The molecule has 0 spiro atoms. The number of benzene rings is 4. The molecule has 0 heterocycles. The Morgan fingerprint density at radius 2 is 1.03 bits per heavy atom. The van der Waals surface area contributed by atoms with Crippen LogP contribution in [0.5, 0.6) is 0 Å². The Balaban J connectivity index is 0.00000324. The standard InChI is InChI=1S/C30H31NO2.H2S/c1-5-13-25(14-6-1)21-31-30(28-19-11-4-12-20-28)29(33-23-27-17-9-3-10-18-27)24-32-22-26-15-7-2-8-16-26;/h1-20,29-31H,21-24H2;1H2/t29-,30-;/m1./s1. The summed E-state index contributed by atoms with van der Waals surface area (Å²) in [6.07, 6.45) is -0.153. The molecule has 0 saturated carbocycles. The molecule has 0 aliphatic carbocycles. The zero-order valence-corrected chi connectivity index (χ0v) is 20.3. The van der Waals surface area contributed by atoms with E-state index in [4.69, 9.17) is 9.47 Å². The minimum absolute atomic E-state index is 0. The lowest BCUT2D eigenvalue weighted by Gasteiger charge is -2.29. The molecule has 176 valence electrons. The summed E-state index contributed by atoms with van der Waals surface area (Å²) in [7, 11) is 0. The topological polar surface area (TPSA) is 30.5 Å². The van der Waals surface area contributed by atoms with Gasteiger partial charge in [0.05, 0.1) is 25.9 Å². The molecule has 0 unspecified atom stereocenters. The van der Waals surface area contributed by atoms with E-state index < -0.39 is 0 Å². The van der Waals surface area contributed by atoms with E-state index in [9.17, 15) is 0 Å². The van der Waals surface area contributed by atoms with E-state index in [0.717, 1.165) is 17.7 Å². The Bertz CT molecular complexity index is 1050. The zero-order chi connectivity index (χ0) is 22.6. The molecule has 4 aromatic rings. The normalized spacial score (nSPS) is 12.5. The van der Waals surface area contributed by atoms with Crippen molar-refractivity contribution in [2.45, 2.75) is 31.9 Å². The molecule has 0 aromatic heterocycles. The monoisotopic (exact) mass is 471 g/mol. The largest absolute Gasteiger partial charge is 0.374 e. The fraction of sp³-hybridized carbons (Fsp3) is 0.200. The highest BCUT2D eigenvalue weighted by atomic mass is 32.1.